The molecule has 1 aromatic carbocycles. The minimum atomic E-state index is -0.123. The van der Waals surface area contributed by atoms with Crippen molar-refractivity contribution in [3.8, 4) is 6.07 Å². The highest BCUT2D eigenvalue weighted by Gasteiger charge is 2.30. The smallest absolute Gasteiger partial charge is 0.230 e. The average Bonchev–Trinajstić information content (AvgIpc) is 2.76. The average molecular weight is 230 g/mol. The Morgan fingerprint density at radius 3 is 2.94 bits per heavy atom. The Kier molecular flexibility index (Phi) is 3.40. The van der Waals surface area contributed by atoms with Gasteiger partial charge in [0.15, 0.2) is 0 Å². The van der Waals surface area contributed by atoms with Crippen LogP contribution in [0.15, 0.2) is 24.3 Å². The molecule has 1 aromatic rings. The summed E-state index contributed by atoms with van der Waals surface area (Å²) in [5.74, 6) is -0.195. The summed E-state index contributed by atoms with van der Waals surface area (Å²) >= 11 is 0. The van der Waals surface area contributed by atoms with Crippen LogP contribution in [0, 0.1) is 17.2 Å². The summed E-state index contributed by atoms with van der Waals surface area (Å²) < 4.78 is 5.35. The molecule has 0 aromatic heterocycles. The molecule has 88 valence electrons. The van der Waals surface area contributed by atoms with E-state index in [-0.39, 0.29) is 17.9 Å². The van der Waals surface area contributed by atoms with Gasteiger partial charge < -0.3 is 10.1 Å². The summed E-state index contributed by atoms with van der Waals surface area (Å²) in [6, 6.07) is 9.04. The van der Waals surface area contributed by atoms with Crippen LogP contribution in [0.2, 0.25) is 0 Å². The maximum Gasteiger partial charge on any atom is 0.230 e. The number of rotatable bonds is 2. The number of carbonyl (C=O) groups excluding carboxylic acids is 1. The van der Waals surface area contributed by atoms with Gasteiger partial charge in [-0.1, -0.05) is 12.1 Å². The van der Waals surface area contributed by atoms with Crippen LogP contribution >= 0.6 is 0 Å². The zero-order valence-corrected chi connectivity index (χ0v) is 9.64. The zero-order chi connectivity index (χ0) is 12.3. The third kappa shape index (κ3) is 2.45. The number of amides is 1. The third-order valence-corrected chi connectivity index (χ3v) is 3.02. The molecule has 0 spiro atoms. The minimum Gasteiger partial charge on any atom is -0.378 e. The molecule has 1 amide bonds. The van der Waals surface area contributed by atoms with E-state index in [1.54, 1.807) is 24.3 Å². The van der Waals surface area contributed by atoms with Crippen LogP contribution in [0.4, 0.5) is 5.69 Å². The minimum absolute atomic E-state index is 0.0516. The molecule has 1 heterocycles. The number of nitrogens with zero attached hydrogens (tertiary/aromatic N) is 1. The van der Waals surface area contributed by atoms with Crippen molar-refractivity contribution in [2.45, 2.75) is 19.4 Å². The fourth-order valence-corrected chi connectivity index (χ4v) is 1.99. The van der Waals surface area contributed by atoms with Gasteiger partial charge in [-0.15, -0.1) is 0 Å². The standard InChI is InChI=1S/C13H14N2O2/c1-9-11(6-7-17-9)13(16)15-12-5-3-2-4-10(12)8-14/h2-5,9,11H,6-7H2,1H3,(H,15,16). The second kappa shape index (κ2) is 4.98. The van der Waals surface area contributed by atoms with Gasteiger partial charge in [0, 0.05) is 6.61 Å². The maximum atomic E-state index is 12.0. The monoisotopic (exact) mass is 230 g/mol. The van der Waals surface area contributed by atoms with Crippen LogP contribution < -0.4 is 5.32 Å². The first-order chi connectivity index (χ1) is 8.22. The predicted octanol–water partition coefficient (Wildman–Crippen LogP) is 1.92. The van der Waals surface area contributed by atoms with Crippen LogP contribution in [-0.4, -0.2) is 18.6 Å². The first kappa shape index (κ1) is 11.6. The van der Waals surface area contributed by atoms with Gasteiger partial charge in [-0.2, -0.15) is 5.26 Å². The van der Waals surface area contributed by atoms with Crippen molar-refractivity contribution in [2.75, 3.05) is 11.9 Å². The Morgan fingerprint density at radius 2 is 2.29 bits per heavy atom. The van der Waals surface area contributed by atoms with Gasteiger partial charge in [-0.25, -0.2) is 0 Å². The van der Waals surface area contributed by atoms with Crippen LogP contribution in [-0.2, 0) is 9.53 Å². The highest BCUT2D eigenvalue weighted by atomic mass is 16.5. The van der Waals surface area contributed by atoms with Crippen molar-refractivity contribution >= 4 is 11.6 Å². The third-order valence-electron chi connectivity index (χ3n) is 3.02. The number of nitriles is 1. The summed E-state index contributed by atoms with van der Waals surface area (Å²) in [6.07, 6.45) is 0.686. The number of nitrogens with one attached hydrogen (secondary N) is 1. The largest absolute Gasteiger partial charge is 0.378 e. The lowest BCUT2D eigenvalue weighted by molar-refractivity contribution is -0.121. The summed E-state index contributed by atoms with van der Waals surface area (Å²) in [5.41, 5.74) is 1.05. The quantitative estimate of drug-likeness (QED) is 0.844. The van der Waals surface area contributed by atoms with Crippen molar-refractivity contribution < 1.29 is 9.53 Å². The van der Waals surface area contributed by atoms with E-state index >= 15 is 0 Å². The molecule has 1 N–H and O–H groups in total. The summed E-state index contributed by atoms with van der Waals surface area (Å²) in [4.78, 5) is 12.0. The predicted molar refractivity (Wildman–Crippen MR) is 63.3 cm³/mol. The lowest BCUT2D eigenvalue weighted by atomic mass is 10.0. The number of hydrogen-bond donors (Lipinski definition) is 1. The summed E-state index contributed by atoms with van der Waals surface area (Å²) in [7, 11) is 0. The number of para-hydroxylation sites is 1. The van der Waals surface area contributed by atoms with Gasteiger partial charge in [0.25, 0.3) is 0 Å². The summed E-state index contributed by atoms with van der Waals surface area (Å²) in [5, 5.41) is 11.7. The molecule has 0 bridgehead atoms. The van der Waals surface area contributed by atoms with Crippen molar-refractivity contribution in [3.05, 3.63) is 29.8 Å². The second-order valence-corrected chi connectivity index (χ2v) is 4.12. The van der Waals surface area contributed by atoms with Gasteiger partial charge >= 0.3 is 0 Å². The van der Waals surface area contributed by atoms with Gasteiger partial charge in [-0.3, -0.25) is 4.79 Å². The molecule has 2 unspecified atom stereocenters. The molecule has 2 atom stereocenters. The Hall–Kier alpha value is -1.86. The SMILES string of the molecule is CC1OCCC1C(=O)Nc1ccccc1C#N. The number of anilines is 1. The number of hydrogen-bond acceptors (Lipinski definition) is 3. The molecule has 17 heavy (non-hydrogen) atoms. The molecular formula is C13H14N2O2. The topological polar surface area (TPSA) is 62.1 Å². The van der Waals surface area contributed by atoms with Crippen LogP contribution in [0.3, 0.4) is 0 Å². The molecule has 2 rings (SSSR count). The van der Waals surface area contributed by atoms with Gasteiger partial charge in [0.2, 0.25) is 5.91 Å². The Bertz CT molecular complexity index is 465. The molecule has 0 saturated carbocycles. The van der Waals surface area contributed by atoms with Gasteiger partial charge in [0.05, 0.1) is 23.3 Å². The molecule has 0 radical (unpaired) electrons. The first-order valence-electron chi connectivity index (χ1n) is 5.64. The Morgan fingerprint density at radius 1 is 1.53 bits per heavy atom. The van der Waals surface area contributed by atoms with Crippen molar-refractivity contribution in [1.82, 2.24) is 0 Å². The van der Waals surface area contributed by atoms with Crippen molar-refractivity contribution in [3.63, 3.8) is 0 Å². The van der Waals surface area contributed by atoms with E-state index < -0.39 is 0 Å². The van der Waals surface area contributed by atoms with Crippen molar-refractivity contribution in [1.29, 1.82) is 5.26 Å². The second-order valence-electron chi connectivity index (χ2n) is 4.12. The van der Waals surface area contributed by atoms with Gasteiger partial charge in [-0.05, 0) is 25.5 Å². The van der Waals surface area contributed by atoms with E-state index in [9.17, 15) is 4.79 Å². The lowest BCUT2D eigenvalue weighted by Crippen LogP contribution is -2.28. The molecule has 1 saturated heterocycles. The normalized spacial score (nSPS) is 23.1. The molecule has 1 aliphatic rings. The number of ether oxygens (including phenoxy) is 1. The molecular weight excluding hydrogens is 216 g/mol. The fourth-order valence-electron chi connectivity index (χ4n) is 1.99. The first-order valence-corrected chi connectivity index (χ1v) is 5.64. The number of carbonyl (C=O) groups is 1. The van der Waals surface area contributed by atoms with E-state index in [0.29, 0.717) is 17.9 Å². The highest BCUT2D eigenvalue weighted by molar-refractivity contribution is 5.94. The molecule has 4 nitrogen and oxygen atoms in total. The Balaban J connectivity index is 2.11. The van der Waals surface area contributed by atoms with Crippen LogP contribution in [0.25, 0.3) is 0 Å². The van der Waals surface area contributed by atoms with E-state index in [1.807, 2.05) is 6.92 Å². The van der Waals surface area contributed by atoms with E-state index in [4.69, 9.17) is 10.00 Å². The van der Waals surface area contributed by atoms with Crippen LogP contribution in [0.5, 0.6) is 0 Å². The summed E-state index contributed by atoms with van der Waals surface area (Å²) in [6.45, 7) is 2.52. The molecule has 0 aliphatic carbocycles. The Labute approximate surface area is 100 Å². The maximum absolute atomic E-state index is 12.0. The highest BCUT2D eigenvalue weighted by Crippen LogP contribution is 2.23. The van der Waals surface area contributed by atoms with Crippen molar-refractivity contribution in [2.24, 2.45) is 5.92 Å². The molecule has 1 fully saturated rings. The lowest BCUT2D eigenvalue weighted by Gasteiger charge is -2.14. The molecule has 4 heteroatoms. The fraction of sp³-hybridized carbons (Fsp3) is 0.385. The zero-order valence-electron chi connectivity index (χ0n) is 9.64. The van der Waals surface area contributed by atoms with Crippen LogP contribution in [0.1, 0.15) is 18.9 Å². The van der Waals surface area contributed by atoms with E-state index in [1.165, 1.54) is 0 Å². The van der Waals surface area contributed by atoms with Gasteiger partial charge in [0.1, 0.15) is 6.07 Å². The van der Waals surface area contributed by atoms with E-state index in [0.717, 1.165) is 6.42 Å². The molecule has 1 aliphatic heterocycles. The van der Waals surface area contributed by atoms with E-state index in [2.05, 4.69) is 11.4 Å². The number of benzene rings is 1.